The van der Waals surface area contributed by atoms with E-state index in [1.54, 1.807) is 18.2 Å². The second kappa shape index (κ2) is 4.06. The minimum atomic E-state index is -0.195. The first-order chi connectivity index (χ1) is 7.70. The SMILES string of the molecule is CC(=O)Nc1ncnc2cc(C=O)ccc12. The molecule has 80 valence electrons. The molecular weight excluding hydrogens is 206 g/mol. The van der Waals surface area contributed by atoms with Gasteiger partial charge in [-0.3, -0.25) is 9.59 Å². The Labute approximate surface area is 91.5 Å². The molecule has 5 heteroatoms. The number of anilines is 1. The van der Waals surface area contributed by atoms with Gasteiger partial charge in [0.2, 0.25) is 5.91 Å². The van der Waals surface area contributed by atoms with Crippen molar-refractivity contribution in [2.45, 2.75) is 6.92 Å². The summed E-state index contributed by atoms with van der Waals surface area (Å²) in [6, 6.07) is 5.02. The monoisotopic (exact) mass is 215 g/mol. The third kappa shape index (κ3) is 1.88. The van der Waals surface area contributed by atoms with Gasteiger partial charge in [-0.25, -0.2) is 9.97 Å². The summed E-state index contributed by atoms with van der Waals surface area (Å²) in [6.07, 6.45) is 2.10. The summed E-state index contributed by atoms with van der Waals surface area (Å²) in [5.41, 5.74) is 1.17. The van der Waals surface area contributed by atoms with Crippen molar-refractivity contribution in [3.05, 3.63) is 30.1 Å². The third-order valence-corrected chi connectivity index (χ3v) is 2.09. The number of nitrogens with one attached hydrogen (secondary N) is 1. The van der Waals surface area contributed by atoms with Crippen LogP contribution in [0.15, 0.2) is 24.5 Å². The molecule has 0 saturated heterocycles. The van der Waals surface area contributed by atoms with Crippen molar-refractivity contribution in [2.24, 2.45) is 0 Å². The first kappa shape index (κ1) is 10.2. The van der Waals surface area contributed by atoms with Crippen molar-refractivity contribution >= 4 is 28.9 Å². The van der Waals surface area contributed by atoms with Gasteiger partial charge < -0.3 is 5.32 Å². The number of hydrogen-bond acceptors (Lipinski definition) is 4. The summed E-state index contributed by atoms with van der Waals surface area (Å²) >= 11 is 0. The van der Waals surface area contributed by atoms with E-state index in [2.05, 4.69) is 15.3 Å². The molecule has 0 aliphatic carbocycles. The smallest absolute Gasteiger partial charge is 0.222 e. The summed E-state index contributed by atoms with van der Waals surface area (Å²) < 4.78 is 0. The number of carbonyl (C=O) groups excluding carboxylic acids is 2. The predicted octanol–water partition coefficient (Wildman–Crippen LogP) is 1.40. The van der Waals surface area contributed by atoms with Crippen LogP contribution in [0.25, 0.3) is 10.9 Å². The fraction of sp³-hybridized carbons (Fsp3) is 0.0909. The lowest BCUT2D eigenvalue weighted by Crippen LogP contribution is -2.08. The standard InChI is InChI=1S/C11H9N3O2/c1-7(16)14-11-9-3-2-8(5-15)4-10(9)12-6-13-11/h2-6H,1H3,(H,12,13,14,16). The average Bonchev–Trinajstić information content (AvgIpc) is 2.28. The number of hydrogen-bond donors (Lipinski definition) is 1. The van der Waals surface area contributed by atoms with Gasteiger partial charge >= 0.3 is 0 Å². The molecule has 0 fully saturated rings. The highest BCUT2D eigenvalue weighted by atomic mass is 16.1. The second-order valence-electron chi connectivity index (χ2n) is 3.30. The van der Waals surface area contributed by atoms with Gasteiger partial charge in [-0.05, 0) is 12.1 Å². The summed E-state index contributed by atoms with van der Waals surface area (Å²) in [7, 11) is 0. The highest BCUT2D eigenvalue weighted by molar-refractivity contribution is 5.99. The molecule has 1 aromatic heterocycles. The highest BCUT2D eigenvalue weighted by Gasteiger charge is 2.05. The number of rotatable bonds is 2. The molecule has 0 aliphatic heterocycles. The zero-order chi connectivity index (χ0) is 11.5. The Hall–Kier alpha value is -2.30. The number of fused-ring (bicyclic) bond motifs is 1. The molecule has 0 atom stereocenters. The third-order valence-electron chi connectivity index (χ3n) is 2.09. The predicted molar refractivity (Wildman–Crippen MR) is 59.2 cm³/mol. The lowest BCUT2D eigenvalue weighted by atomic mass is 10.1. The van der Waals surface area contributed by atoms with Crippen LogP contribution < -0.4 is 5.32 Å². The second-order valence-corrected chi connectivity index (χ2v) is 3.30. The molecule has 5 nitrogen and oxygen atoms in total. The van der Waals surface area contributed by atoms with E-state index in [1.165, 1.54) is 13.3 Å². The molecule has 0 saturated carbocycles. The normalized spacial score (nSPS) is 10.1. The van der Waals surface area contributed by atoms with E-state index in [4.69, 9.17) is 0 Å². The van der Waals surface area contributed by atoms with Gasteiger partial charge in [0, 0.05) is 17.9 Å². The van der Waals surface area contributed by atoms with Crippen molar-refractivity contribution in [3.8, 4) is 0 Å². The minimum Gasteiger partial charge on any atom is -0.310 e. The average molecular weight is 215 g/mol. The van der Waals surface area contributed by atoms with E-state index in [0.29, 0.717) is 22.3 Å². The number of aromatic nitrogens is 2. The summed E-state index contributed by atoms with van der Waals surface area (Å²) in [4.78, 5) is 29.6. The van der Waals surface area contributed by atoms with E-state index in [1.807, 2.05) is 0 Å². The first-order valence-corrected chi connectivity index (χ1v) is 4.68. The maximum Gasteiger partial charge on any atom is 0.222 e. The molecule has 1 heterocycles. The Morgan fingerprint density at radius 1 is 1.38 bits per heavy atom. The lowest BCUT2D eigenvalue weighted by molar-refractivity contribution is -0.114. The van der Waals surface area contributed by atoms with E-state index in [9.17, 15) is 9.59 Å². The molecule has 0 bridgehead atoms. The largest absolute Gasteiger partial charge is 0.310 e. The van der Waals surface area contributed by atoms with Crippen LogP contribution in [0, 0.1) is 0 Å². The van der Waals surface area contributed by atoms with Crippen LogP contribution in [0.1, 0.15) is 17.3 Å². The zero-order valence-electron chi connectivity index (χ0n) is 8.60. The van der Waals surface area contributed by atoms with E-state index in [-0.39, 0.29) is 5.91 Å². The summed E-state index contributed by atoms with van der Waals surface area (Å²) in [5.74, 6) is 0.259. The minimum absolute atomic E-state index is 0.195. The van der Waals surface area contributed by atoms with Crippen LogP contribution in [-0.2, 0) is 4.79 Å². The van der Waals surface area contributed by atoms with Crippen LogP contribution >= 0.6 is 0 Å². The van der Waals surface area contributed by atoms with Gasteiger partial charge in [0.05, 0.1) is 5.52 Å². The Morgan fingerprint density at radius 3 is 2.88 bits per heavy atom. The van der Waals surface area contributed by atoms with Gasteiger partial charge in [0.25, 0.3) is 0 Å². The molecule has 0 unspecified atom stereocenters. The summed E-state index contributed by atoms with van der Waals surface area (Å²) in [5, 5.41) is 3.32. The van der Waals surface area contributed by atoms with Gasteiger partial charge in [-0.1, -0.05) is 6.07 Å². The van der Waals surface area contributed by atoms with Gasteiger partial charge in [-0.2, -0.15) is 0 Å². The molecule has 2 rings (SSSR count). The fourth-order valence-corrected chi connectivity index (χ4v) is 1.41. The van der Waals surface area contributed by atoms with Crippen LogP contribution in [0.4, 0.5) is 5.82 Å². The van der Waals surface area contributed by atoms with Gasteiger partial charge in [-0.15, -0.1) is 0 Å². The number of aldehydes is 1. The van der Waals surface area contributed by atoms with Crippen LogP contribution in [-0.4, -0.2) is 22.2 Å². The van der Waals surface area contributed by atoms with Crippen molar-refractivity contribution in [1.29, 1.82) is 0 Å². The van der Waals surface area contributed by atoms with Crippen LogP contribution in [0.2, 0.25) is 0 Å². The van der Waals surface area contributed by atoms with Crippen molar-refractivity contribution in [3.63, 3.8) is 0 Å². The molecular formula is C11H9N3O2. The van der Waals surface area contributed by atoms with Crippen molar-refractivity contribution < 1.29 is 9.59 Å². The molecule has 1 N–H and O–H groups in total. The molecule has 0 radical (unpaired) electrons. The molecule has 1 aromatic carbocycles. The fourth-order valence-electron chi connectivity index (χ4n) is 1.41. The lowest BCUT2D eigenvalue weighted by Gasteiger charge is -2.04. The first-order valence-electron chi connectivity index (χ1n) is 4.68. The highest BCUT2D eigenvalue weighted by Crippen LogP contribution is 2.19. The topological polar surface area (TPSA) is 72.0 Å². The Balaban J connectivity index is 2.59. The maximum atomic E-state index is 11.0. The molecule has 0 spiro atoms. The Kier molecular flexibility index (Phi) is 2.59. The van der Waals surface area contributed by atoms with Crippen molar-refractivity contribution in [2.75, 3.05) is 5.32 Å². The van der Waals surface area contributed by atoms with Crippen LogP contribution in [0.3, 0.4) is 0 Å². The zero-order valence-corrected chi connectivity index (χ0v) is 8.60. The summed E-state index contributed by atoms with van der Waals surface area (Å²) in [6.45, 7) is 1.41. The Morgan fingerprint density at radius 2 is 2.19 bits per heavy atom. The van der Waals surface area contributed by atoms with Gasteiger partial charge in [0.1, 0.15) is 18.4 Å². The Bertz CT molecular complexity index is 566. The van der Waals surface area contributed by atoms with Crippen molar-refractivity contribution in [1.82, 2.24) is 9.97 Å². The number of nitrogens with zero attached hydrogens (tertiary/aromatic N) is 2. The van der Waals surface area contributed by atoms with Crippen LogP contribution in [0.5, 0.6) is 0 Å². The quantitative estimate of drug-likeness (QED) is 0.768. The molecule has 2 aromatic rings. The maximum absolute atomic E-state index is 11.0. The molecule has 1 amide bonds. The number of carbonyl (C=O) groups is 2. The number of amides is 1. The molecule has 16 heavy (non-hydrogen) atoms. The van der Waals surface area contributed by atoms with Gasteiger partial charge in [0.15, 0.2) is 0 Å². The van der Waals surface area contributed by atoms with E-state index >= 15 is 0 Å². The number of benzene rings is 1. The molecule has 0 aliphatic rings. The van der Waals surface area contributed by atoms with E-state index < -0.39 is 0 Å². The van der Waals surface area contributed by atoms with E-state index in [0.717, 1.165) is 6.29 Å².